The number of nitrogens with two attached hydrogens (primary N) is 1. The maximum atomic E-state index is 11.6. The van der Waals surface area contributed by atoms with E-state index < -0.39 is 0 Å². The molecule has 18 heavy (non-hydrogen) atoms. The van der Waals surface area contributed by atoms with Gasteiger partial charge in [0.2, 0.25) is 5.91 Å². The summed E-state index contributed by atoms with van der Waals surface area (Å²) in [6.45, 7) is 0.713. The van der Waals surface area contributed by atoms with Crippen molar-refractivity contribution >= 4 is 38.9 Å². The molecule has 0 spiro atoms. The number of nitrogens with one attached hydrogen (secondary N) is 1. The van der Waals surface area contributed by atoms with Crippen molar-refractivity contribution in [2.45, 2.75) is 12.5 Å². The second-order valence-corrected chi connectivity index (χ2v) is 5.85. The first kappa shape index (κ1) is 11.9. The van der Waals surface area contributed by atoms with Crippen molar-refractivity contribution < 1.29 is 4.79 Å². The molecule has 4 nitrogen and oxygen atoms in total. The van der Waals surface area contributed by atoms with Gasteiger partial charge in [0.15, 0.2) is 0 Å². The molecule has 0 aromatic carbocycles. The van der Waals surface area contributed by atoms with E-state index in [1.165, 1.54) is 0 Å². The Morgan fingerprint density at radius 2 is 2.44 bits per heavy atom. The fraction of sp³-hybridized carbons (Fsp3) is 0.333. The molecule has 3 N–H and O–H groups in total. The van der Waals surface area contributed by atoms with Crippen molar-refractivity contribution in [3.63, 3.8) is 0 Å². The molecule has 94 valence electrons. The van der Waals surface area contributed by atoms with Gasteiger partial charge in [-0.25, -0.2) is 4.98 Å². The Bertz CT molecular complexity index is 612. The number of fused-ring (bicyclic) bond motifs is 1. The van der Waals surface area contributed by atoms with Crippen LogP contribution in [0.5, 0.6) is 0 Å². The number of carbonyl (C=O) groups excluding carboxylic acids is 1. The number of rotatable bonds is 2. The predicted octanol–water partition coefficient (Wildman–Crippen LogP) is 2.09. The number of aromatic nitrogens is 1. The third-order valence-corrected chi connectivity index (χ3v) is 4.77. The first-order valence-corrected chi connectivity index (χ1v) is 6.93. The molecule has 1 fully saturated rings. The van der Waals surface area contributed by atoms with E-state index in [1.807, 2.05) is 12.1 Å². The quantitative estimate of drug-likeness (QED) is 0.828. The van der Waals surface area contributed by atoms with Gasteiger partial charge in [-0.3, -0.25) is 4.79 Å². The molecule has 1 aliphatic heterocycles. The lowest BCUT2D eigenvalue weighted by Crippen LogP contribution is -2.28. The SMILES string of the molecule is NC(c1cc2c(Cl)nccc2s1)C1CCNC1=O. The summed E-state index contributed by atoms with van der Waals surface area (Å²) in [5.41, 5.74) is 6.19. The summed E-state index contributed by atoms with van der Waals surface area (Å²) in [5.74, 6) is -0.0889. The first-order valence-electron chi connectivity index (χ1n) is 5.74. The highest BCUT2D eigenvalue weighted by Crippen LogP contribution is 2.36. The van der Waals surface area contributed by atoms with Crippen LogP contribution in [0.15, 0.2) is 18.3 Å². The van der Waals surface area contributed by atoms with Gasteiger partial charge in [0.1, 0.15) is 5.15 Å². The molecule has 0 saturated carbocycles. The van der Waals surface area contributed by atoms with E-state index in [4.69, 9.17) is 17.3 Å². The van der Waals surface area contributed by atoms with Crippen molar-refractivity contribution in [2.24, 2.45) is 11.7 Å². The van der Waals surface area contributed by atoms with Gasteiger partial charge < -0.3 is 11.1 Å². The van der Waals surface area contributed by atoms with Crippen LogP contribution in [0.4, 0.5) is 0 Å². The first-order chi connectivity index (χ1) is 8.66. The van der Waals surface area contributed by atoms with E-state index in [0.29, 0.717) is 11.7 Å². The highest BCUT2D eigenvalue weighted by Gasteiger charge is 2.31. The molecule has 2 aromatic rings. The molecule has 1 amide bonds. The fourth-order valence-electron chi connectivity index (χ4n) is 2.27. The molecule has 1 aliphatic rings. The van der Waals surface area contributed by atoms with Crippen LogP contribution in [0.1, 0.15) is 17.3 Å². The molecule has 2 aromatic heterocycles. The Morgan fingerprint density at radius 3 is 3.11 bits per heavy atom. The van der Waals surface area contributed by atoms with Gasteiger partial charge in [-0.05, 0) is 18.6 Å². The average Bonchev–Trinajstić information content (AvgIpc) is 2.95. The molecular formula is C12H12ClN3OS. The third-order valence-electron chi connectivity index (χ3n) is 3.27. The van der Waals surface area contributed by atoms with Gasteiger partial charge >= 0.3 is 0 Å². The Labute approximate surface area is 113 Å². The number of hydrogen-bond donors (Lipinski definition) is 2. The van der Waals surface area contributed by atoms with Crippen LogP contribution in [0.2, 0.25) is 5.15 Å². The molecule has 0 aliphatic carbocycles. The highest BCUT2D eigenvalue weighted by molar-refractivity contribution is 7.19. The molecule has 0 radical (unpaired) electrons. The van der Waals surface area contributed by atoms with E-state index in [-0.39, 0.29) is 17.9 Å². The third kappa shape index (κ3) is 1.88. The Kier molecular flexibility index (Phi) is 2.97. The topological polar surface area (TPSA) is 68.0 Å². The number of amides is 1. The van der Waals surface area contributed by atoms with Crippen molar-refractivity contribution in [3.8, 4) is 0 Å². The van der Waals surface area contributed by atoms with Crippen molar-refractivity contribution in [1.29, 1.82) is 0 Å². The van der Waals surface area contributed by atoms with Crippen LogP contribution in [-0.4, -0.2) is 17.4 Å². The number of pyridine rings is 1. The zero-order valence-electron chi connectivity index (χ0n) is 9.52. The van der Waals surface area contributed by atoms with Gasteiger partial charge in [0.05, 0.1) is 12.0 Å². The molecule has 2 atom stereocenters. The highest BCUT2D eigenvalue weighted by atomic mass is 35.5. The number of thiophene rings is 1. The van der Waals surface area contributed by atoms with E-state index in [0.717, 1.165) is 21.4 Å². The number of hydrogen-bond acceptors (Lipinski definition) is 4. The Morgan fingerprint density at radius 1 is 1.61 bits per heavy atom. The summed E-state index contributed by atoms with van der Waals surface area (Å²) in [5, 5.41) is 4.21. The lowest BCUT2D eigenvalue weighted by molar-refractivity contribution is -0.122. The summed E-state index contributed by atoms with van der Waals surface area (Å²) in [7, 11) is 0. The smallest absolute Gasteiger partial charge is 0.225 e. The van der Waals surface area contributed by atoms with E-state index in [1.54, 1.807) is 17.5 Å². The minimum absolute atomic E-state index is 0.0455. The van der Waals surface area contributed by atoms with E-state index >= 15 is 0 Å². The largest absolute Gasteiger partial charge is 0.356 e. The van der Waals surface area contributed by atoms with Gasteiger partial charge in [-0.15, -0.1) is 11.3 Å². The van der Waals surface area contributed by atoms with Crippen molar-refractivity contribution in [2.75, 3.05) is 6.54 Å². The van der Waals surface area contributed by atoms with E-state index in [9.17, 15) is 4.79 Å². The molecule has 2 unspecified atom stereocenters. The van der Waals surface area contributed by atoms with Gasteiger partial charge in [-0.1, -0.05) is 11.6 Å². The van der Waals surface area contributed by atoms with Crippen molar-refractivity contribution in [3.05, 3.63) is 28.4 Å². The maximum Gasteiger partial charge on any atom is 0.225 e. The predicted molar refractivity (Wildman–Crippen MR) is 72.7 cm³/mol. The van der Waals surface area contributed by atoms with Crippen LogP contribution < -0.4 is 11.1 Å². The monoisotopic (exact) mass is 281 g/mol. The lowest BCUT2D eigenvalue weighted by atomic mass is 9.97. The second-order valence-electron chi connectivity index (χ2n) is 4.37. The summed E-state index contributed by atoms with van der Waals surface area (Å²) in [4.78, 5) is 16.7. The second kappa shape index (κ2) is 4.50. The zero-order chi connectivity index (χ0) is 12.7. The Balaban J connectivity index is 1.99. The summed E-state index contributed by atoms with van der Waals surface area (Å²) >= 11 is 7.62. The zero-order valence-corrected chi connectivity index (χ0v) is 11.1. The molecule has 1 saturated heterocycles. The molecule has 3 heterocycles. The molecule has 6 heteroatoms. The molecule has 3 rings (SSSR count). The van der Waals surface area contributed by atoms with Crippen LogP contribution in [0, 0.1) is 5.92 Å². The summed E-state index contributed by atoms with van der Waals surface area (Å²) in [6.07, 6.45) is 2.47. The summed E-state index contributed by atoms with van der Waals surface area (Å²) < 4.78 is 1.05. The van der Waals surface area contributed by atoms with Crippen LogP contribution in [0.25, 0.3) is 10.1 Å². The average molecular weight is 282 g/mol. The molecular weight excluding hydrogens is 270 g/mol. The molecule has 0 bridgehead atoms. The van der Waals surface area contributed by atoms with Crippen LogP contribution in [0.3, 0.4) is 0 Å². The van der Waals surface area contributed by atoms with Crippen molar-refractivity contribution in [1.82, 2.24) is 10.3 Å². The van der Waals surface area contributed by atoms with Crippen LogP contribution >= 0.6 is 22.9 Å². The normalized spacial score (nSPS) is 21.2. The minimum Gasteiger partial charge on any atom is -0.356 e. The van der Waals surface area contributed by atoms with Crippen LogP contribution in [-0.2, 0) is 4.79 Å². The van der Waals surface area contributed by atoms with Gasteiger partial charge in [0, 0.05) is 27.7 Å². The summed E-state index contributed by atoms with van der Waals surface area (Å²) in [6, 6.07) is 3.60. The Hall–Kier alpha value is -1.17. The van der Waals surface area contributed by atoms with Gasteiger partial charge in [-0.2, -0.15) is 0 Å². The number of nitrogens with zero attached hydrogens (tertiary/aromatic N) is 1. The standard InChI is InChI=1S/C12H12ClN3OS/c13-11-7-5-9(18-8(7)2-4-15-11)10(14)6-1-3-16-12(6)17/h2,4-6,10H,1,3,14H2,(H,16,17). The fourth-order valence-corrected chi connectivity index (χ4v) is 3.66. The number of carbonyl (C=O) groups is 1. The maximum absolute atomic E-state index is 11.6. The minimum atomic E-state index is -0.263. The number of halogens is 1. The lowest BCUT2D eigenvalue weighted by Gasteiger charge is -2.14. The van der Waals surface area contributed by atoms with E-state index in [2.05, 4.69) is 10.3 Å². The van der Waals surface area contributed by atoms with Gasteiger partial charge in [0.25, 0.3) is 0 Å².